The lowest BCUT2D eigenvalue weighted by Crippen LogP contribution is -1.94. The Hall–Kier alpha value is -3.52. The average Bonchev–Trinajstić information content (AvgIpc) is 3.23. The highest BCUT2D eigenvalue weighted by Gasteiger charge is 2.20. The van der Waals surface area contributed by atoms with Crippen LogP contribution in [0.2, 0.25) is 0 Å². The van der Waals surface area contributed by atoms with Crippen LogP contribution in [0.1, 0.15) is 0 Å². The number of nitrogens with zero attached hydrogens (tertiary/aromatic N) is 2. The molecule has 0 aliphatic carbocycles. The molecule has 6 rings (SSSR count). The molecule has 0 N–H and O–H groups in total. The van der Waals surface area contributed by atoms with E-state index in [4.69, 9.17) is 5.32 Å². The molecule has 26 heavy (non-hydrogen) atoms. The second-order valence-electron chi connectivity index (χ2n) is 6.70. The predicted molar refractivity (Wildman–Crippen MR) is 108 cm³/mol. The minimum absolute atomic E-state index is 1.05. The quantitative estimate of drug-likeness (QED) is 0.335. The van der Waals surface area contributed by atoms with E-state index in [1.165, 1.54) is 38.6 Å². The molecule has 0 saturated carbocycles. The fourth-order valence-electron chi connectivity index (χ4n) is 4.11. The third-order valence-corrected chi connectivity index (χ3v) is 5.25. The number of para-hydroxylation sites is 3. The number of hydrogen-bond donors (Lipinski definition) is 0. The molecule has 0 fully saturated rings. The molecule has 4 aromatic carbocycles. The van der Waals surface area contributed by atoms with Crippen molar-refractivity contribution >= 4 is 33.2 Å². The first-order chi connectivity index (χ1) is 12.9. The molecular formula is C24H15N2. The minimum Gasteiger partial charge on any atom is -0.309 e. The zero-order chi connectivity index (χ0) is 17.1. The Balaban J connectivity index is 1.68. The van der Waals surface area contributed by atoms with Crippen LogP contribution in [0, 0.1) is 0 Å². The molecule has 1 aliphatic heterocycles. The minimum atomic E-state index is 1.05. The number of rotatable bonds is 1. The van der Waals surface area contributed by atoms with Crippen molar-refractivity contribution in [1.82, 2.24) is 9.88 Å². The molecule has 121 valence electrons. The van der Waals surface area contributed by atoms with Gasteiger partial charge in [-0.05, 0) is 36.4 Å². The molecule has 0 amide bonds. The van der Waals surface area contributed by atoms with Crippen molar-refractivity contribution in [3.63, 3.8) is 0 Å². The molecular weight excluding hydrogens is 316 g/mol. The largest absolute Gasteiger partial charge is 0.309 e. The van der Waals surface area contributed by atoms with Crippen molar-refractivity contribution in [3.05, 3.63) is 91.0 Å². The second-order valence-corrected chi connectivity index (χ2v) is 6.70. The average molecular weight is 331 g/mol. The van der Waals surface area contributed by atoms with Crippen LogP contribution in [0.15, 0.2) is 91.0 Å². The highest BCUT2D eigenvalue weighted by Crippen LogP contribution is 2.44. The van der Waals surface area contributed by atoms with Crippen molar-refractivity contribution in [2.45, 2.75) is 0 Å². The summed E-state index contributed by atoms with van der Waals surface area (Å²) in [6, 6.07) is 32.2. The van der Waals surface area contributed by atoms with Gasteiger partial charge in [-0.25, -0.2) is 5.32 Å². The SMILES string of the molecule is c1ccc2c(c1)[N]c1ccc(-n3c4ccccc4c4ccccc43)cc1-2. The van der Waals surface area contributed by atoms with Crippen LogP contribution in [0.3, 0.4) is 0 Å². The summed E-state index contributed by atoms with van der Waals surface area (Å²) < 4.78 is 2.35. The Morgan fingerprint density at radius 2 is 1.15 bits per heavy atom. The number of benzene rings is 4. The van der Waals surface area contributed by atoms with E-state index < -0.39 is 0 Å². The molecule has 0 saturated heterocycles. The standard InChI is InChI=1S/C24H15N2/c1-4-10-21-17(7-1)20-15-16(13-14-22(20)25-21)26-23-11-5-2-8-18(23)19-9-3-6-12-24(19)26/h1-15H. The molecule has 0 spiro atoms. The molecule has 2 heteroatoms. The first-order valence-electron chi connectivity index (χ1n) is 8.84. The molecule has 2 heterocycles. The van der Waals surface area contributed by atoms with Gasteiger partial charge in [0.1, 0.15) is 0 Å². The molecule has 2 nitrogen and oxygen atoms in total. The molecule has 0 atom stereocenters. The van der Waals surface area contributed by atoms with Crippen molar-refractivity contribution in [2.24, 2.45) is 0 Å². The van der Waals surface area contributed by atoms with Crippen LogP contribution in [0.5, 0.6) is 0 Å². The van der Waals surface area contributed by atoms with Gasteiger partial charge in [-0.2, -0.15) is 0 Å². The van der Waals surface area contributed by atoms with Gasteiger partial charge < -0.3 is 4.57 Å². The van der Waals surface area contributed by atoms with Crippen molar-refractivity contribution in [3.8, 4) is 16.8 Å². The van der Waals surface area contributed by atoms with E-state index in [0.717, 1.165) is 11.4 Å². The topological polar surface area (TPSA) is 19.0 Å². The molecule has 0 bridgehead atoms. The first-order valence-corrected chi connectivity index (χ1v) is 8.84. The third-order valence-electron chi connectivity index (χ3n) is 5.25. The Morgan fingerprint density at radius 1 is 0.538 bits per heavy atom. The molecule has 0 unspecified atom stereocenters. The van der Waals surface area contributed by atoms with Crippen molar-refractivity contribution in [2.75, 3.05) is 0 Å². The van der Waals surface area contributed by atoms with Gasteiger partial charge in [-0.1, -0.05) is 54.6 Å². The summed E-state index contributed by atoms with van der Waals surface area (Å²) in [5.41, 5.74) is 8.17. The van der Waals surface area contributed by atoms with E-state index in [1.807, 2.05) is 6.07 Å². The van der Waals surface area contributed by atoms with E-state index >= 15 is 0 Å². The number of fused-ring (bicyclic) bond motifs is 6. The van der Waals surface area contributed by atoms with Crippen molar-refractivity contribution in [1.29, 1.82) is 0 Å². The predicted octanol–water partition coefficient (Wildman–Crippen LogP) is 6.33. The fraction of sp³-hybridized carbons (Fsp3) is 0. The Morgan fingerprint density at radius 3 is 1.92 bits per heavy atom. The van der Waals surface area contributed by atoms with Gasteiger partial charge >= 0.3 is 0 Å². The summed E-state index contributed by atoms with van der Waals surface area (Å²) in [4.78, 5) is 0. The van der Waals surface area contributed by atoms with E-state index in [1.54, 1.807) is 0 Å². The summed E-state index contributed by atoms with van der Waals surface area (Å²) in [6.07, 6.45) is 0. The van der Waals surface area contributed by atoms with E-state index in [-0.39, 0.29) is 0 Å². The maximum absolute atomic E-state index is 4.75. The molecule has 1 radical (unpaired) electrons. The van der Waals surface area contributed by atoms with Crippen LogP contribution in [-0.2, 0) is 0 Å². The zero-order valence-electron chi connectivity index (χ0n) is 14.1. The third kappa shape index (κ3) is 1.76. The summed E-state index contributed by atoms with van der Waals surface area (Å²) >= 11 is 0. The van der Waals surface area contributed by atoms with Gasteiger partial charge in [0.25, 0.3) is 0 Å². The summed E-state index contributed by atoms with van der Waals surface area (Å²) in [5, 5.41) is 7.32. The Kier molecular flexibility index (Phi) is 2.64. The first kappa shape index (κ1) is 13.7. The second kappa shape index (κ2) is 4.99. The highest BCUT2D eigenvalue weighted by molar-refractivity contribution is 6.09. The van der Waals surface area contributed by atoms with Crippen LogP contribution >= 0.6 is 0 Å². The Bertz CT molecular complexity index is 1260. The lowest BCUT2D eigenvalue weighted by molar-refractivity contribution is 1.17. The fourth-order valence-corrected chi connectivity index (χ4v) is 4.11. The zero-order valence-corrected chi connectivity index (χ0v) is 14.1. The van der Waals surface area contributed by atoms with E-state index in [0.29, 0.717) is 0 Å². The highest BCUT2D eigenvalue weighted by atomic mass is 15.0. The smallest absolute Gasteiger partial charge is 0.0717 e. The summed E-state index contributed by atoms with van der Waals surface area (Å²) in [7, 11) is 0. The van der Waals surface area contributed by atoms with Gasteiger partial charge in [0.05, 0.1) is 22.4 Å². The van der Waals surface area contributed by atoms with Gasteiger partial charge in [-0.3, -0.25) is 0 Å². The van der Waals surface area contributed by atoms with Gasteiger partial charge in [0.2, 0.25) is 0 Å². The maximum atomic E-state index is 4.75. The lowest BCUT2D eigenvalue weighted by atomic mass is 10.1. The van der Waals surface area contributed by atoms with Crippen LogP contribution in [-0.4, -0.2) is 4.57 Å². The summed E-state index contributed by atoms with van der Waals surface area (Å²) in [6.45, 7) is 0. The molecule has 1 aliphatic rings. The van der Waals surface area contributed by atoms with Gasteiger partial charge in [0, 0.05) is 27.6 Å². The van der Waals surface area contributed by atoms with E-state index in [2.05, 4.69) is 89.5 Å². The van der Waals surface area contributed by atoms with Crippen LogP contribution in [0.25, 0.3) is 38.6 Å². The normalized spacial score (nSPS) is 12.2. The molecule has 5 aromatic rings. The van der Waals surface area contributed by atoms with Crippen molar-refractivity contribution < 1.29 is 0 Å². The van der Waals surface area contributed by atoms with Crippen LogP contribution in [0.4, 0.5) is 11.4 Å². The molecule has 1 aromatic heterocycles. The van der Waals surface area contributed by atoms with E-state index in [9.17, 15) is 0 Å². The van der Waals surface area contributed by atoms with Gasteiger partial charge in [0.15, 0.2) is 0 Å². The Labute approximate surface area is 151 Å². The lowest BCUT2D eigenvalue weighted by Gasteiger charge is -2.09. The van der Waals surface area contributed by atoms with Crippen LogP contribution < -0.4 is 5.32 Å². The number of aromatic nitrogens is 1. The maximum Gasteiger partial charge on any atom is 0.0717 e. The summed E-state index contributed by atoms with van der Waals surface area (Å²) in [5.74, 6) is 0. The monoisotopic (exact) mass is 331 g/mol. The van der Waals surface area contributed by atoms with Gasteiger partial charge in [-0.15, -0.1) is 0 Å². The number of hydrogen-bond acceptors (Lipinski definition) is 0.